The van der Waals surface area contributed by atoms with Gasteiger partial charge in [0, 0.05) is 31.7 Å². The zero-order valence-electron chi connectivity index (χ0n) is 11.8. The monoisotopic (exact) mass is 278 g/mol. The summed E-state index contributed by atoms with van der Waals surface area (Å²) < 4.78 is 5.25. The van der Waals surface area contributed by atoms with Crippen LogP contribution < -0.4 is 5.32 Å². The molecule has 5 nitrogen and oxygen atoms in total. The predicted molar refractivity (Wildman–Crippen MR) is 76.8 cm³/mol. The number of aliphatic hydroxyl groups excluding tert-OH is 1. The van der Waals surface area contributed by atoms with Crippen molar-refractivity contribution in [3.05, 3.63) is 35.4 Å². The fourth-order valence-corrected chi connectivity index (χ4v) is 2.16. The lowest BCUT2D eigenvalue weighted by atomic mass is 10.1. The summed E-state index contributed by atoms with van der Waals surface area (Å²) in [6.45, 7) is 5.91. The molecule has 1 fully saturated rings. The molecule has 1 aromatic carbocycles. The van der Waals surface area contributed by atoms with Gasteiger partial charge in [0.25, 0.3) is 5.91 Å². The Morgan fingerprint density at radius 3 is 2.65 bits per heavy atom. The molecule has 0 radical (unpaired) electrons. The molecule has 1 heterocycles. The third kappa shape index (κ3) is 4.59. The van der Waals surface area contributed by atoms with E-state index in [9.17, 15) is 9.90 Å². The number of rotatable bonds is 5. The van der Waals surface area contributed by atoms with E-state index in [1.807, 2.05) is 19.1 Å². The lowest BCUT2D eigenvalue weighted by Crippen LogP contribution is -2.44. The molecule has 0 spiro atoms. The van der Waals surface area contributed by atoms with Gasteiger partial charge in [-0.25, -0.2) is 0 Å². The molecule has 1 aliphatic heterocycles. The maximum atomic E-state index is 11.9. The molecule has 20 heavy (non-hydrogen) atoms. The Kier molecular flexibility index (Phi) is 5.52. The summed E-state index contributed by atoms with van der Waals surface area (Å²) in [6, 6.07) is 7.39. The predicted octanol–water partition coefficient (Wildman–Crippen LogP) is 0.418. The summed E-state index contributed by atoms with van der Waals surface area (Å²) in [5.74, 6) is -0.147. The van der Waals surface area contributed by atoms with Crippen LogP contribution in [0.2, 0.25) is 0 Å². The third-order valence-electron chi connectivity index (χ3n) is 3.38. The van der Waals surface area contributed by atoms with Gasteiger partial charge in [-0.3, -0.25) is 9.69 Å². The Labute approximate surface area is 119 Å². The largest absolute Gasteiger partial charge is 0.390 e. The number of hydrogen-bond donors (Lipinski definition) is 2. The highest BCUT2D eigenvalue weighted by Gasteiger charge is 2.15. The number of β-amino-alcohol motifs (C(OH)–C–C–N with tert-alkyl or cyclic N) is 1. The Balaban J connectivity index is 1.73. The minimum atomic E-state index is -0.553. The molecular formula is C15H22N2O3. The van der Waals surface area contributed by atoms with Gasteiger partial charge in [0.15, 0.2) is 0 Å². The molecule has 0 aromatic heterocycles. The van der Waals surface area contributed by atoms with Gasteiger partial charge in [0.05, 0.1) is 19.3 Å². The maximum Gasteiger partial charge on any atom is 0.251 e. The van der Waals surface area contributed by atoms with Crippen LogP contribution in [0.1, 0.15) is 15.9 Å². The molecular weight excluding hydrogens is 256 g/mol. The normalized spacial score (nSPS) is 17.7. The lowest BCUT2D eigenvalue weighted by Gasteiger charge is -2.28. The number of carbonyl (C=O) groups is 1. The first kappa shape index (κ1) is 15.0. The van der Waals surface area contributed by atoms with Crippen molar-refractivity contribution in [2.24, 2.45) is 0 Å². The topological polar surface area (TPSA) is 61.8 Å². The van der Waals surface area contributed by atoms with Crippen LogP contribution in [0.25, 0.3) is 0 Å². The number of carbonyl (C=O) groups excluding carboxylic acids is 1. The van der Waals surface area contributed by atoms with Crippen LogP contribution in [0.4, 0.5) is 0 Å². The second-order valence-electron chi connectivity index (χ2n) is 5.14. The van der Waals surface area contributed by atoms with Crippen LogP contribution >= 0.6 is 0 Å². The van der Waals surface area contributed by atoms with E-state index < -0.39 is 6.10 Å². The Hall–Kier alpha value is -1.43. The van der Waals surface area contributed by atoms with E-state index in [4.69, 9.17) is 4.74 Å². The molecule has 1 unspecified atom stereocenters. The molecule has 0 bridgehead atoms. The van der Waals surface area contributed by atoms with E-state index in [-0.39, 0.29) is 12.5 Å². The maximum absolute atomic E-state index is 11.9. The summed E-state index contributed by atoms with van der Waals surface area (Å²) in [7, 11) is 0. The lowest BCUT2D eigenvalue weighted by molar-refractivity contribution is 0.0149. The van der Waals surface area contributed by atoms with E-state index >= 15 is 0 Å². The first-order valence-electron chi connectivity index (χ1n) is 6.98. The van der Waals surface area contributed by atoms with Gasteiger partial charge < -0.3 is 15.2 Å². The van der Waals surface area contributed by atoms with E-state index in [0.29, 0.717) is 25.3 Å². The van der Waals surface area contributed by atoms with Crippen LogP contribution in [-0.2, 0) is 4.74 Å². The van der Waals surface area contributed by atoms with Crippen molar-refractivity contribution in [1.29, 1.82) is 0 Å². The molecule has 2 N–H and O–H groups in total. The molecule has 110 valence electrons. The molecule has 0 saturated carbocycles. The number of benzene rings is 1. The number of amides is 1. The Bertz CT molecular complexity index is 427. The molecule has 1 amide bonds. The fraction of sp³-hybridized carbons (Fsp3) is 0.533. The summed E-state index contributed by atoms with van der Waals surface area (Å²) in [6.07, 6.45) is -0.553. The van der Waals surface area contributed by atoms with Crippen molar-refractivity contribution in [2.45, 2.75) is 13.0 Å². The molecule has 1 saturated heterocycles. The number of nitrogens with one attached hydrogen (secondary N) is 1. The average Bonchev–Trinajstić information content (AvgIpc) is 2.46. The van der Waals surface area contributed by atoms with Crippen molar-refractivity contribution in [2.75, 3.05) is 39.4 Å². The first-order valence-corrected chi connectivity index (χ1v) is 6.98. The van der Waals surface area contributed by atoms with Crippen molar-refractivity contribution in [3.63, 3.8) is 0 Å². The first-order chi connectivity index (χ1) is 9.65. The minimum absolute atomic E-state index is 0.147. The van der Waals surface area contributed by atoms with Gasteiger partial charge in [0.1, 0.15) is 0 Å². The third-order valence-corrected chi connectivity index (χ3v) is 3.38. The van der Waals surface area contributed by atoms with Gasteiger partial charge >= 0.3 is 0 Å². The van der Waals surface area contributed by atoms with Crippen molar-refractivity contribution >= 4 is 5.91 Å². The summed E-state index contributed by atoms with van der Waals surface area (Å²) in [5, 5.41) is 12.7. The molecule has 2 rings (SSSR count). The van der Waals surface area contributed by atoms with E-state index in [1.54, 1.807) is 12.1 Å². The van der Waals surface area contributed by atoms with Crippen LogP contribution in [0, 0.1) is 6.92 Å². The van der Waals surface area contributed by atoms with Gasteiger partial charge in [0.2, 0.25) is 0 Å². The Morgan fingerprint density at radius 1 is 1.35 bits per heavy atom. The van der Waals surface area contributed by atoms with Crippen LogP contribution in [0.3, 0.4) is 0 Å². The molecule has 1 aromatic rings. The summed E-state index contributed by atoms with van der Waals surface area (Å²) in [5.41, 5.74) is 1.74. The van der Waals surface area contributed by atoms with E-state index in [1.165, 1.54) is 0 Å². The number of nitrogens with zero attached hydrogens (tertiary/aromatic N) is 1. The fourth-order valence-electron chi connectivity index (χ4n) is 2.16. The smallest absolute Gasteiger partial charge is 0.251 e. The highest BCUT2D eigenvalue weighted by molar-refractivity contribution is 5.94. The average molecular weight is 278 g/mol. The second kappa shape index (κ2) is 7.38. The zero-order valence-corrected chi connectivity index (χ0v) is 11.8. The number of aryl methyl sites for hydroxylation is 1. The summed E-state index contributed by atoms with van der Waals surface area (Å²) in [4.78, 5) is 14.0. The van der Waals surface area contributed by atoms with Gasteiger partial charge in [-0.2, -0.15) is 0 Å². The van der Waals surface area contributed by atoms with Crippen molar-refractivity contribution < 1.29 is 14.6 Å². The van der Waals surface area contributed by atoms with Crippen molar-refractivity contribution in [3.8, 4) is 0 Å². The number of aliphatic hydroxyl groups is 1. The number of hydrogen-bond acceptors (Lipinski definition) is 4. The zero-order chi connectivity index (χ0) is 14.4. The quantitative estimate of drug-likeness (QED) is 0.819. The van der Waals surface area contributed by atoms with Crippen molar-refractivity contribution in [1.82, 2.24) is 10.2 Å². The summed E-state index contributed by atoms with van der Waals surface area (Å²) >= 11 is 0. The number of morpholine rings is 1. The van der Waals surface area contributed by atoms with Crippen LogP contribution in [0.5, 0.6) is 0 Å². The minimum Gasteiger partial charge on any atom is -0.390 e. The van der Waals surface area contributed by atoms with Gasteiger partial charge in [-0.15, -0.1) is 0 Å². The van der Waals surface area contributed by atoms with Gasteiger partial charge in [-0.05, 0) is 19.1 Å². The van der Waals surface area contributed by atoms with E-state index in [2.05, 4.69) is 10.2 Å². The van der Waals surface area contributed by atoms with Crippen LogP contribution in [-0.4, -0.2) is 61.4 Å². The van der Waals surface area contributed by atoms with E-state index in [0.717, 1.165) is 18.7 Å². The standard InChI is InChI=1S/C15H22N2O3/c1-12-2-4-13(5-3-12)15(19)16-10-14(18)11-17-6-8-20-9-7-17/h2-5,14,18H,6-11H2,1H3,(H,16,19). The SMILES string of the molecule is Cc1ccc(C(=O)NCC(O)CN2CCOCC2)cc1. The van der Waals surface area contributed by atoms with Gasteiger partial charge in [-0.1, -0.05) is 17.7 Å². The Morgan fingerprint density at radius 2 is 2.00 bits per heavy atom. The molecule has 1 aliphatic rings. The van der Waals surface area contributed by atoms with Crippen LogP contribution in [0.15, 0.2) is 24.3 Å². The highest BCUT2D eigenvalue weighted by Crippen LogP contribution is 2.03. The molecule has 1 atom stereocenters. The second-order valence-corrected chi connectivity index (χ2v) is 5.14. The highest BCUT2D eigenvalue weighted by atomic mass is 16.5. The number of ether oxygens (including phenoxy) is 1. The molecule has 5 heteroatoms. The molecule has 0 aliphatic carbocycles.